The van der Waals surface area contributed by atoms with Crippen LogP contribution < -0.4 is 38.7 Å². The van der Waals surface area contributed by atoms with Gasteiger partial charge in [0.05, 0.1) is 68.3 Å². The fourth-order valence-electron chi connectivity index (χ4n) is 13.9. The fourth-order valence-corrected chi connectivity index (χ4v) is 13.9. The molecule has 442 valence electrons. The highest BCUT2D eigenvalue weighted by Gasteiger charge is 2.53. The van der Waals surface area contributed by atoms with Gasteiger partial charge >= 0.3 is 24.0 Å². The summed E-state index contributed by atoms with van der Waals surface area (Å²) in [6.07, 6.45) is 4.97. The molecule has 0 spiro atoms. The number of fused-ring (bicyclic) bond motifs is 8. The van der Waals surface area contributed by atoms with Crippen LogP contribution in [0.25, 0.3) is 22.3 Å². The summed E-state index contributed by atoms with van der Waals surface area (Å²) in [7, 11) is 4.66. The van der Waals surface area contributed by atoms with Gasteiger partial charge in [-0.05, 0) is 141 Å². The predicted molar refractivity (Wildman–Crippen MR) is 306 cm³/mol. The number of esters is 3. The van der Waals surface area contributed by atoms with Crippen LogP contribution >= 0.6 is 0 Å². The van der Waals surface area contributed by atoms with Gasteiger partial charge in [-0.1, -0.05) is 26.8 Å². The Labute approximate surface area is 490 Å². The second kappa shape index (κ2) is 22.3. The second-order valence-corrected chi connectivity index (χ2v) is 22.6. The third-order valence-electron chi connectivity index (χ3n) is 18.2. The number of cyclic esters (lactones) is 1. The van der Waals surface area contributed by atoms with Crippen molar-refractivity contribution in [3.05, 3.63) is 140 Å². The minimum Gasteiger partial charge on any atom is -0.498 e. The summed E-state index contributed by atoms with van der Waals surface area (Å²) < 4.78 is 66.6. The molecule has 3 fully saturated rings. The monoisotopic (exact) mass is 1160 g/mol. The normalized spacial score (nSPS) is 22.0. The van der Waals surface area contributed by atoms with Crippen LogP contribution in [0.2, 0.25) is 0 Å². The van der Waals surface area contributed by atoms with Gasteiger partial charge in [-0.25, -0.2) is 24.2 Å². The van der Waals surface area contributed by atoms with Crippen molar-refractivity contribution in [1.82, 2.24) is 19.4 Å². The van der Waals surface area contributed by atoms with Gasteiger partial charge in [0, 0.05) is 59.0 Å². The zero-order valence-corrected chi connectivity index (χ0v) is 48.2. The number of methoxy groups -OCH3 is 3. The molecule has 4 aromatic carbocycles. The quantitative estimate of drug-likeness (QED) is 0.0733. The number of benzene rings is 4. The summed E-state index contributed by atoms with van der Waals surface area (Å²) in [6.45, 7) is 11.1. The van der Waals surface area contributed by atoms with Crippen molar-refractivity contribution >= 4 is 34.9 Å². The number of pyridine rings is 2. The van der Waals surface area contributed by atoms with Crippen LogP contribution in [-0.4, -0.2) is 117 Å². The lowest BCUT2D eigenvalue weighted by atomic mass is 9.65. The van der Waals surface area contributed by atoms with E-state index in [0.29, 0.717) is 88.3 Å². The number of hydrogen-bond acceptors (Lipinski definition) is 18. The minimum absolute atomic E-state index is 0.0324. The van der Waals surface area contributed by atoms with Crippen molar-refractivity contribution in [3.8, 4) is 51.6 Å². The predicted octanol–water partition coefficient (Wildman–Crippen LogP) is 9.30. The number of amides is 1. The van der Waals surface area contributed by atoms with E-state index in [9.17, 15) is 24.0 Å². The molecule has 5 atom stereocenters. The average Bonchev–Trinajstić information content (AvgIpc) is 4.33. The van der Waals surface area contributed by atoms with Gasteiger partial charge in [0.2, 0.25) is 18.1 Å². The molecule has 85 heavy (non-hydrogen) atoms. The van der Waals surface area contributed by atoms with E-state index >= 15 is 0 Å². The number of carbonyl (C=O) groups is 4. The summed E-state index contributed by atoms with van der Waals surface area (Å²) in [4.78, 5) is 79.5. The maximum absolute atomic E-state index is 14.5. The Morgan fingerprint density at radius 3 is 2.20 bits per heavy atom. The number of rotatable bonds is 14. The maximum Gasteiger partial charge on any atom is 0.415 e. The first-order valence-electron chi connectivity index (χ1n) is 29.1. The molecular weight excluding hydrogens is 1090 g/mol. The Bertz CT molecular complexity index is 3750. The molecule has 20 nitrogen and oxygen atoms in total. The largest absolute Gasteiger partial charge is 0.498 e. The van der Waals surface area contributed by atoms with Crippen LogP contribution in [-0.2, 0) is 53.7 Å². The van der Waals surface area contributed by atoms with Crippen molar-refractivity contribution in [3.63, 3.8) is 0 Å². The standard InChI is InChI=1S/C65H66N4O16/c1-7-41-42-26-40(83-64(74)68-22-18-38(19-23-68)67-20-10-9-11-21-67)16-17-49(42)66-58-45(41)30-69-50(58)29-48-46(61(69)71)31-80-63(73)65(48,8-2)85-55(70)33-79-39-14-12-36(13-15-39)62(72)84-59-44-28-52-51(81-34-82-52)27-43(44)57(56-35(3)78-32-47(56)59)37-24-53(75-4)60(77-6)54(25-37)76-5/h12-17,24-29,38,47,56-57,59H,3,7-11,18-23,30-34H2,1-2,4-6H3/t47-,56+,57+,59?,65?/m1/s1. The van der Waals surface area contributed by atoms with Crippen LogP contribution in [0.1, 0.15) is 114 Å². The number of hydrogen-bond donors (Lipinski definition) is 0. The van der Waals surface area contributed by atoms with E-state index in [1.54, 1.807) is 49.9 Å². The van der Waals surface area contributed by atoms with Crippen molar-refractivity contribution in [2.75, 3.05) is 67.5 Å². The van der Waals surface area contributed by atoms with E-state index in [0.717, 1.165) is 53.6 Å². The van der Waals surface area contributed by atoms with E-state index in [4.69, 9.17) is 57.1 Å². The molecule has 3 saturated heterocycles. The molecule has 0 bridgehead atoms. The number of aryl methyl sites for hydroxylation is 1. The molecule has 0 N–H and O–H groups in total. The van der Waals surface area contributed by atoms with Crippen LogP contribution in [0.4, 0.5) is 4.79 Å². The molecule has 13 rings (SSSR count). The van der Waals surface area contributed by atoms with Crippen LogP contribution in [0.15, 0.2) is 89.9 Å². The molecule has 0 saturated carbocycles. The number of aromatic nitrogens is 2. The van der Waals surface area contributed by atoms with Crippen molar-refractivity contribution in [2.45, 2.75) is 95.6 Å². The van der Waals surface area contributed by atoms with Crippen LogP contribution in [0, 0.1) is 11.8 Å². The number of carbonyl (C=O) groups excluding carboxylic acids is 4. The molecule has 0 radical (unpaired) electrons. The van der Waals surface area contributed by atoms with Crippen molar-refractivity contribution in [1.29, 1.82) is 0 Å². The Morgan fingerprint density at radius 1 is 0.788 bits per heavy atom. The van der Waals surface area contributed by atoms with Crippen molar-refractivity contribution in [2.24, 2.45) is 11.8 Å². The Hall–Kier alpha value is -8.78. The Morgan fingerprint density at radius 2 is 1.51 bits per heavy atom. The maximum atomic E-state index is 14.5. The molecule has 6 aliphatic heterocycles. The lowest BCUT2D eigenvalue weighted by molar-refractivity contribution is -0.190. The SMILES string of the molecule is C=C1OC[C@H]2C(OC(=O)c3ccc(OCC(=O)OC4(CC)C(=O)OCc5c4cc4n(c5=O)Cc5c-4nc4ccc(OC(=O)N6CCC(N7CCCCC7)CC6)cc4c5CC)cc3)c3cc4c(cc3[C@H](c3cc(OC)c(OC)c(OC)c3)[C@@H]12)OCO4. The molecule has 1 amide bonds. The molecule has 6 aromatic rings. The molecule has 2 unspecified atom stereocenters. The first-order valence-corrected chi connectivity index (χ1v) is 29.1. The number of likely N-dealkylation sites (tertiary alicyclic amines) is 2. The molecule has 7 aliphatic rings. The van der Waals surface area contributed by atoms with Crippen LogP contribution in [0.3, 0.4) is 0 Å². The van der Waals surface area contributed by atoms with E-state index in [-0.39, 0.29) is 79.3 Å². The summed E-state index contributed by atoms with van der Waals surface area (Å²) in [5.41, 5.74) is 4.05. The second-order valence-electron chi connectivity index (χ2n) is 22.6. The molecule has 20 heteroatoms. The van der Waals surface area contributed by atoms with Gasteiger partial charge in [-0.15, -0.1) is 0 Å². The number of allylic oxidation sites excluding steroid dienone is 1. The molecule has 2 aromatic heterocycles. The lowest BCUT2D eigenvalue weighted by Gasteiger charge is -2.39. The summed E-state index contributed by atoms with van der Waals surface area (Å²) >= 11 is 0. The van der Waals surface area contributed by atoms with Gasteiger partial charge in [0.25, 0.3) is 5.56 Å². The molecule has 8 heterocycles. The Kier molecular flexibility index (Phi) is 14.6. The highest BCUT2D eigenvalue weighted by atomic mass is 16.7. The zero-order valence-electron chi connectivity index (χ0n) is 48.2. The number of nitrogens with zero attached hydrogens (tertiary/aromatic N) is 4. The highest BCUT2D eigenvalue weighted by molar-refractivity contribution is 5.92. The van der Waals surface area contributed by atoms with E-state index < -0.39 is 41.8 Å². The molecular formula is C65H66N4O16. The minimum atomic E-state index is -1.98. The first-order chi connectivity index (χ1) is 41.3. The topological polar surface area (TPSA) is 211 Å². The summed E-state index contributed by atoms with van der Waals surface area (Å²) in [5, 5.41) is 0.805. The summed E-state index contributed by atoms with van der Waals surface area (Å²) in [5.74, 6) is 0.218. The summed E-state index contributed by atoms with van der Waals surface area (Å²) in [6, 6.07) is 21.3. The number of piperidine rings is 2. The fraction of sp³-hybridized carbons (Fsp3) is 0.415. The zero-order chi connectivity index (χ0) is 58.8. The van der Waals surface area contributed by atoms with Gasteiger partial charge in [0.1, 0.15) is 24.2 Å². The highest BCUT2D eigenvalue weighted by Crippen LogP contribution is 2.59. The van der Waals surface area contributed by atoms with E-state index in [1.165, 1.54) is 43.5 Å². The van der Waals surface area contributed by atoms with Gasteiger partial charge < -0.3 is 66.5 Å². The lowest BCUT2D eigenvalue weighted by Crippen LogP contribution is -2.48. The average molecular weight is 1160 g/mol. The third-order valence-corrected chi connectivity index (χ3v) is 18.2. The molecule has 1 aliphatic carbocycles. The van der Waals surface area contributed by atoms with E-state index in [2.05, 4.69) is 11.5 Å². The third kappa shape index (κ3) is 9.58. The van der Waals surface area contributed by atoms with E-state index in [1.807, 2.05) is 43.3 Å². The van der Waals surface area contributed by atoms with Gasteiger partial charge in [-0.2, -0.15) is 0 Å². The van der Waals surface area contributed by atoms with Crippen molar-refractivity contribution < 1.29 is 71.3 Å². The smallest absolute Gasteiger partial charge is 0.415 e. The number of ether oxygens (including phenoxy) is 11. The van der Waals surface area contributed by atoms with Gasteiger partial charge in [0.15, 0.2) is 29.6 Å². The Balaban J connectivity index is 0.704. The van der Waals surface area contributed by atoms with Gasteiger partial charge in [-0.3, -0.25) is 4.79 Å². The van der Waals surface area contributed by atoms with Crippen LogP contribution in [0.5, 0.6) is 40.2 Å². The first kappa shape index (κ1) is 55.4.